The van der Waals surface area contributed by atoms with E-state index in [4.69, 9.17) is 0 Å². The van der Waals surface area contributed by atoms with E-state index in [0.717, 1.165) is 6.42 Å². The standard InChI is InChI=1S/C14H26N2O4S/c1-5-10(4)12-13(17)15-11(6-2)14(18)16(12)8-9-21(19,20)7-3/h10-12H,5-9H2,1-4H3,(H,15,17). The molecule has 0 radical (unpaired) electrons. The van der Waals surface area contributed by atoms with Crippen molar-refractivity contribution in [2.45, 2.75) is 52.6 Å². The van der Waals surface area contributed by atoms with Gasteiger partial charge in [0.2, 0.25) is 11.8 Å². The fourth-order valence-corrected chi connectivity index (χ4v) is 3.26. The fourth-order valence-electron chi connectivity index (χ4n) is 2.49. The molecule has 0 aromatic heterocycles. The lowest BCUT2D eigenvalue weighted by molar-refractivity contribution is -0.151. The highest BCUT2D eigenvalue weighted by Gasteiger charge is 2.41. The molecule has 1 heterocycles. The molecule has 1 aliphatic heterocycles. The van der Waals surface area contributed by atoms with Crippen LogP contribution in [0.5, 0.6) is 0 Å². The molecule has 1 N–H and O–H groups in total. The molecule has 2 amide bonds. The molecule has 0 bridgehead atoms. The smallest absolute Gasteiger partial charge is 0.245 e. The second kappa shape index (κ2) is 7.24. The molecule has 0 saturated carbocycles. The van der Waals surface area contributed by atoms with Gasteiger partial charge in [-0.25, -0.2) is 8.42 Å². The summed E-state index contributed by atoms with van der Waals surface area (Å²) >= 11 is 0. The number of piperazine rings is 1. The molecular formula is C14H26N2O4S. The van der Waals surface area contributed by atoms with E-state index in [-0.39, 0.29) is 35.8 Å². The molecule has 122 valence electrons. The molecule has 7 heteroatoms. The van der Waals surface area contributed by atoms with E-state index in [0.29, 0.717) is 6.42 Å². The third-order valence-electron chi connectivity index (χ3n) is 4.18. The minimum Gasteiger partial charge on any atom is -0.343 e. The van der Waals surface area contributed by atoms with Gasteiger partial charge in [0.15, 0.2) is 9.84 Å². The molecule has 1 rings (SSSR count). The normalized spacial score (nSPS) is 24.9. The second-order valence-corrected chi connectivity index (χ2v) is 8.04. The van der Waals surface area contributed by atoms with Crippen molar-refractivity contribution in [1.82, 2.24) is 10.2 Å². The zero-order chi connectivity index (χ0) is 16.2. The monoisotopic (exact) mass is 318 g/mol. The van der Waals surface area contributed by atoms with E-state index in [2.05, 4.69) is 5.32 Å². The molecule has 0 aromatic carbocycles. The molecule has 1 saturated heterocycles. The zero-order valence-electron chi connectivity index (χ0n) is 13.3. The van der Waals surface area contributed by atoms with Gasteiger partial charge in [-0.1, -0.05) is 34.1 Å². The molecule has 6 nitrogen and oxygen atoms in total. The van der Waals surface area contributed by atoms with Crippen LogP contribution >= 0.6 is 0 Å². The summed E-state index contributed by atoms with van der Waals surface area (Å²) in [7, 11) is -3.17. The first-order chi connectivity index (χ1) is 9.77. The summed E-state index contributed by atoms with van der Waals surface area (Å²) in [4.78, 5) is 26.2. The van der Waals surface area contributed by atoms with Crippen LogP contribution in [0.2, 0.25) is 0 Å². The van der Waals surface area contributed by atoms with Crippen molar-refractivity contribution < 1.29 is 18.0 Å². The first-order valence-corrected chi connectivity index (χ1v) is 9.40. The van der Waals surface area contributed by atoms with Crippen molar-refractivity contribution in [3.8, 4) is 0 Å². The number of amides is 2. The van der Waals surface area contributed by atoms with Crippen LogP contribution in [0.1, 0.15) is 40.5 Å². The summed E-state index contributed by atoms with van der Waals surface area (Å²) in [6, 6.07) is -1.11. The van der Waals surface area contributed by atoms with Crippen LogP contribution in [0.4, 0.5) is 0 Å². The van der Waals surface area contributed by atoms with Gasteiger partial charge < -0.3 is 10.2 Å². The van der Waals surface area contributed by atoms with Crippen molar-refractivity contribution in [3.63, 3.8) is 0 Å². The Morgan fingerprint density at radius 1 is 1.24 bits per heavy atom. The van der Waals surface area contributed by atoms with Crippen LogP contribution in [0.25, 0.3) is 0 Å². The summed E-state index contributed by atoms with van der Waals surface area (Å²) in [5.41, 5.74) is 0. The maximum Gasteiger partial charge on any atom is 0.245 e. The van der Waals surface area contributed by atoms with Gasteiger partial charge >= 0.3 is 0 Å². The molecule has 3 atom stereocenters. The first-order valence-electron chi connectivity index (χ1n) is 7.58. The molecule has 21 heavy (non-hydrogen) atoms. The maximum atomic E-state index is 12.5. The Morgan fingerprint density at radius 3 is 2.33 bits per heavy atom. The van der Waals surface area contributed by atoms with Gasteiger partial charge in [0.05, 0.1) is 5.75 Å². The van der Waals surface area contributed by atoms with Crippen molar-refractivity contribution in [2.24, 2.45) is 5.92 Å². The molecule has 3 unspecified atom stereocenters. The third-order valence-corrected chi connectivity index (χ3v) is 5.86. The lowest BCUT2D eigenvalue weighted by Crippen LogP contribution is -2.65. The second-order valence-electron chi connectivity index (χ2n) is 5.57. The number of hydrogen-bond acceptors (Lipinski definition) is 4. The molecule has 1 aliphatic rings. The zero-order valence-corrected chi connectivity index (χ0v) is 14.1. The molecule has 1 fully saturated rings. The maximum absolute atomic E-state index is 12.5. The van der Waals surface area contributed by atoms with E-state index in [1.54, 1.807) is 6.92 Å². The van der Waals surface area contributed by atoms with Crippen LogP contribution < -0.4 is 5.32 Å². The summed E-state index contributed by atoms with van der Waals surface area (Å²) in [6.07, 6.45) is 1.26. The summed E-state index contributed by atoms with van der Waals surface area (Å²) in [6.45, 7) is 7.36. The van der Waals surface area contributed by atoms with Gasteiger partial charge in [0.25, 0.3) is 0 Å². The minimum atomic E-state index is -3.17. The van der Waals surface area contributed by atoms with Crippen LogP contribution in [-0.2, 0) is 19.4 Å². The Balaban J connectivity index is 2.99. The predicted molar refractivity (Wildman–Crippen MR) is 81.5 cm³/mol. The molecular weight excluding hydrogens is 292 g/mol. The molecule has 0 aromatic rings. The van der Waals surface area contributed by atoms with E-state index < -0.39 is 21.9 Å². The van der Waals surface area contributed by atoms with Crippen molar-refractivity contribution in [2.75, 3.05) is 18.1 Å². The summed E-state index contributed by atoms with van der Waals surface area (Å²) in [5, 5.41) is 2.74. The third kappa shape index (κ3) is 4.18. The Morgan fingerprint density at radius 2 is 1.86 bits per heavy atom. The van der Waals surface area contributed by atoms with Crippen molar-refractivity contribution in [3.05, 3.63) is 0 Å². The number of carbonyl (C=O) groups excluding carboxylic acids is 2. The predicted octanol–water partition coefficient (Wildman–Crippen LogP) is 0.573. The van der Waals surface area contributed by atoms with Crippen LogP contribution in [-0.4, -0.2) is 55.3 Å². The van der Waals surface area contributed by atoms with Crippen LogP contribution in [0, 0.1) is 5.92 Å². The van der Waals surface area contributed by atoms with E-state index in [1.165, 1.54) is 4.90 Å². The Labute approximate surface area is 127 Å². The Hall–Kier alpha value is -1.11. The van der Waals surface area contributed by atoms with E-state index in [1.807, 2.05) is 20.8 Å². The number of sulfone groups is 1. The highest BCUT2D eigenvalue weighted by molar-refractivity contribution is 7.91. The van der Waals surface area contributed by atoms with Gasteiger partial charge in [0.1, 0.15) is 12.1 Å². The van der Waals surface area contributed by atoms with Crippen LogP contribution in [0.15, 0.2) is 0 Å². The number of nitrogens with one attached hydrogen (secondary N) is 1. The number of nitrogens with zero attached hydrogens (tertiary/aromatic N) is 1. The van der Waals surface area contributed by atoms with E-state index in [9.17, 15) is 18.0 Å². The number of hydrogen-bond donors (Lipinski definition) is 1. The van der Waals surface area contributed by atoms with Crippen LogP contribution in [0.3, 0.4) is 0 Å². The van der Waals surface area contributed by atoms with Gasteiger partial charge in [0, 0.05) is 12.3 Å². The Kier molecular flexibility index (Phi) is 6.19. The minimum absolute atomic E-state index is 0.00362. The SMILES string of the molecule is CCC1NC(=O)C(C(C)CC)N(CCS(=O)(=O)CC)C1=O. The van der Waals surface area contributed by atoms with Crippen molar-refractivity contribution in [1.29, 1.82) is 0 Å². The summed E-state index contributed by atoms with van der Waals surface area (Å²) < 4.78 is 23.4. The van der Waals surface area contributed by atoms with Gasteiger partial charge in [-0.3, -0.25) is 9.59 Å². The highest BCUT2D eigenvalue weighted by atomic mass is 32.2. The number of rotatable bonds is 7. The van der Waals surface area contributed by atoms with Gasteiger partial charge in [-0.15, -0.1) is 0 Å². The average Bonchev–Trinajstić information content (AvgIpc) is 2.46. The molecule has 0 aliphatic carbocycles. The topological polar surface area (TPSA) is 83.6 Å². The average molecular weight is 318 g/mol. The van der Waals surface area contributed by atoms with E-state index >= 15 is 0 Å². The quantitative estimate of drug-likeness (QED) is 0.744. The van der Waals surface area contributed by atoms with Gasteiger partial charge in [-0.05, 0) is 12.3 Å². The van der Waals surface area contributed by atoms with Gasteiger partial charge in [-0.2, -0.15) is 0 Å². The molecule has 0 spiro atoms. The fraction of sp³-hybridized carbons (Fsp3) is 0.857. The van der Waals surface area contributed by atoms with Crippen molar-refractivity contribution >= 4 is 21.7 Å². The first kappa shape index (κ1) is 17.9. The largest absolute Gasteiger partial charge is 0.343 e. The number of carbonyl (C=O) groups is 2. The Bertz CT molecular complexity index is 489. The summed E-state index contributed by atoms with van der Waals surface area (Å²) in [5.74, 6) is -0.396. The lowest BCUT2D eigenvalue weighted by Gasteiger charge is -2.41. The highest BCUT2D eigenvalue weighted by Crippen LogP contribution is 2.21. The lowest BCUT2D eigenvalue weighted by atomic mass is 9.93.